The maximum absolute atomic E-state index is 12.5. The molecule has 0 aliphatic heterocycles. The number of allylic oxidation sites excluding steroid dienone is 2. The van der Waals surface area contributed by atoms with Crippen LogP contribution in [0, 0.1) is 11.3 Å². The molecule has 0 aromatic heterocycles. The third-order valence-corrected chi connectivity index (χ3v) is 3.94. The molecule has 0 fully saturated rings. The summed E-state index contributed by atoms with van der Waals surface area (Å²) in [6.45, 7) is 4.99. The van der Waals surface area contributed by atoms with Crippen LogP contribution in [-0.4, -0.2) is 19.5 Å². The lowest BCUT2D eigenvalue weighted by atomic mass is 9.79. The van der Waals surface area contributed by atoms with Crippen molar-refractivity contribution in [1.29, 1.82) is 0 Å². The minimum atomic E-state index is -0.495. The Bertz CT molecular complexity index is 327. The monoisotopic (exact) mass is 278 g/mol. The highest BCUT2D eigenvalue weighted by molar-refractivity contribution is 5.89. The van der Waals surface area contributed by atoms with Crippen LogP contribution in [-0.2, 0) is 9.53 Å². The number of hydrogen-bond acceptors (Lipinski definition) is 2. The molecular weight excluding hydrogens is 248 g/mol. The van der Waals surface area contributed by atoms with Crippen molar-refractivity contribution in [3.63, 3.8) is 0 Å². The fourth-order valence-electron chi connectivity index (χ4n) is 2.72. The van der Waals surface area contributed by atoms with Crippen LogP contribution < -0.4 is 0 Å². The van der Waals surface area contributed by atoms with E-state index in [2.05, 4.69) is 26.0 Å². The first-order valence-electron chi connectivity index (χ1n) is 7.98. The van der Waals surface area contributed by atoms with Crippen LogP contribution in [0.25, 0.3) is 0 Å². The quantitative estimate of drug-likeness (QED) is 0.427. The van der Waals surface area contributed by atoms with E-state index in [0.717, 1.165) is 25.2 Å². The van der Waals surface area contributed by atoms with Crippen LogP contribution in [0.2, 0.25) is 0 Å². The van der Waals surface area contributed by atoms with Gasteiger partial charge in [-0.25, -0.2) is 0 Å². The number of hydrogen-bond donors (Lipinski definition) is 0. The Morgan fingerprint density at radius 1 is 1.15 bits per heavy atom. The number of ketones is 1. The van der Waals surface area contributed by atoms with E-state index in [4.69, 9.17) is 4.74 Å². The minimum absolute atomic E-state index is 0.301. The number of ether oxygens (including phenoxy) is 1. The fraction of sp³-hybridized carbons (Fsp3) is 0.722. The van der Waals surface area contributed by atoms with Crippen LogP contribution >= 0.6 is 0 Å². The predicted molar refractivity (Wildman–Crippen MR) is 84.8 cm³/mol. The summed E-state index contributed by atoms with van der Waals surface area (Å²) in [7, 11) is 1.66. The summed E-state index contributed by atoms with van der Waals surface area (Å²) < 4.78 is 5.25. The van der Waals surface area contributed by atoms with E-state index in [9.17, 15) is 4.79 Å². The van der Waals surface area contributed by atoms with Crippen molar-refractivity contribution in [2.75, 3.05) is 13.7 Å². The molecule has 0 heterocycles. The lowest BCUT2D eigenvalue weighted by molar-refractivity contribution is -0.126. The summed E-state index contributed by atoms with van der Waals surface area (Å²) in [6, 6.07) is 0. The summed E-state index contributed by atoms with van der Waals surface area (Å²) >= 11 is 0. The Morgan fingerprint density at radius 2 is 1.80 bits per heavy atom. The molecule has 0 unspecified atom stereocenters. The summed E-state index contributed by atoms with van der Waals surface area (Å²) in [5.41, 5.74) is -0.495. The SMILES string of the molecule is COCC1(C(=O)CCCCCCC(C)C)C=CCC=C1. The summed E-state index contributed by atoms with van der Waals surface area (Å²) in [5, 5.41) is 0. The average Bonchev–Trinajstić information content (AvgIpc) is 2.43. The second-order valence-electron chi connectivity index (χ2n) is 6.28. The van der Waals surface area contributed by atoms with E-state index in [1.54, 1.807) is 7.11 Å². The molecule has 0 saturated heterocycles. The molecule has 114 valence electrons. The number of methoxy groups -OCH3 is 1. The molecule has 0 N–H and O–H groups in total. The van der Waals surface area contributed by atoms with Crippen molar-refractivity contribution < 1.29 is 9.53 Å². The topological polar surface area (TPSA) is 26.3 Å². The molecule has 1 aliphatic carbocycles. The molecule has 0 saturated carbocycles. The van der Waals surface area contributed by atoms with Gasteiger partial charge in [-0.15, -0.1) is 0 Å². The van der Waals surface area contributed by atoms with E-state index in [-0.39, 0.29) is 0 Å². The molecule has 1 rings (SSSR count). The molecule has 0 atom stereocenters. The first kappa shape index (κ1) is 17.2. The van der Waals surface area contributed by atoms with Crippen molar-refractivity contribution in [3.05, 3.63) is 24.3 Å². The lowest BCUT2D eigenvalue weighted by Crippen LogP contribution is -2.32. The van der Waals surface area contributed by atoms with Crippen molar-refractivity contribution in [2.24, 2.45) is 11.3 Å². The van der Waals surface area contributed by atoms with E-state index in [1.807, 2.05) is 12.2 Å². The number of carbonyl (C=O) groups excluding carboxylic acids is 1. The van der Waals surface area contributed by atoms with E-state index in [0.29, 0.717) is 18.8 Å². The first-order chi connectivity index (χ1) is 9.60. The Morgan fingerprint density at radius 3 is 2.40 bits per heavy atom. The summed E-state index contributed by atoms with van der Waals surface area (Å²) in [5.74, 6) is 1.09. The van der Waals surface area contributed by atoms with Crippen LogP contribution in [0.1, 0.15) is 58.8 Å². The highest BCUT2D eigenvalue weighted by atomic mass is 16.5. The maximum atomic E-state index is 12.5. The largest absolute Gasteiger partial charge is 0.383 e. The first-order valence-corrected chi connectivity index (χ1v) is 7.98. The molecular formula is C18H30O2. The van der Waals surface area contributed by atoms with E-state index >= 15 is 0 Å². The molecule has 0 spiro atoms. The smallest absolute Gasteiger partial charge is 0.148 e. The normalized spacial score (nSPS) is 16.8. The zero-order valence-corrected chi connectivity index (χ0v) is 13.4. The summed E-state index contributed by atoms with van der Waals surface area (Å²) in [6.07, 6.45) is 15.8. The van der Waals surface area contributed by atoms with Gasteiger partial charge in [-0.05, 0) is 18.8 Å². The Labute approximate surface area is 124 Å². The summed E-state index contributed by atoms with van der Waals surface area (Å²) in [4.78, 5) is 12.5. The van der Waals surface area contributed by atoms with Crippen molar-refractivity contribution >= 4 is 5.78 Å². The Balaban J connectivity index is 2.31. The zero-order chi connectivity index (χ0) is 14.8. The lowest BCUT2D eigenvalue weighted by Gasteiger charge is -2.27. The van der Waals surface area contributed by atoms with Gasteiger partial charge in [-0.1, -0.05) is 63.8 Å². The third-order valence-electron chi connectivity index (χ3n) is 3.94. The molecule has 2 heteroatoms. The van der Waals surface area contributed by atoms with Gasteiger partial charge in [0.05, 0.1) is 12.0 Å². The molecule has 0 radical (unpaired) electrons. The standard InChI is InChI=1S/C18H30O2/c1-16(2)11-7-4-5-8-12-17(19)18(15-20-3)13-9-6-10-14-18/h9-10,13-14,16H,4-8,11-12,15H2,1-3H3. The van der Waals surface area contributed by atoms with Crippen molar-refractivity contribution in [3.8, 4) is 0 Å². The highest BCUT2D eigenvalue weighted by Crippen LogP contribution is 2.29. The predicted octanol–water partition coefficient (Wildman–Crippen LogP) is 4.70. The number of rotatable bonds is 10. The van der Waals surface area contributed by atoms with E-state index in [1.165, 1.54) is 19.3 Å². The Kier molecular flexibility index (Phi) is 7.83. The third kappa shape index (κ3) is 5.62. The van der Waals surface area contributed by atoms with Gasteiger partial charge in [0.2, 0.25) is 0 Å². The van der Waals surface area contributed by atoms with Gasteiger partial charge in [-0.2, -0.15) is 0 Å². The maximum Gasteiger partial charge on any atom is 0.148 e. The van der Waals surface area contributed by atoms with Gasteiger partial charge in [0.1, 0.15) is 5.78 Å². The van der Waals surface area contributed by atoms with Gasteiger partial charge in [-0.3, -0.25) is 4.79 Å². The fourth-order valence-corrected chi connectivity index (χ4v) is 2.72. The van der Waals surface area contributed by atoms with Crippen LogP contribution in [0.15, 0.2) is 24.3 Å². The molecule has 2 nitrogen and oxygen atoms in total. The molecule has 0 aromatic carbocycles. The number of carbonyl (C=O) groups is 1. The number of unbranched alkanes of at least 4 members (excludes halogenated alkanes) is 3. The minimum Gasteiger partial charge on any atom is -0.383 e. The highest BCUT2D eigenvalue weighted by Gasteiger charge is 2.33. The molecule has 0 bridgehead atoms. The average molecular weight is 278 g/mol. The molecule has 0 amide bonds. The molecule has 0 aromatic rings. The second-order valence-corrected chi connectivity index (χ2v) is 6.28. The van der Waals surface area contributed by atoms with Gasteiger partial charge in [0.25, 0.3) is 0 Å². The molecule has 20 heavy (non-hydrogen) atoms. The van der Waals surface area contributed by atoms with Crippen LogP contribution in [0.3, 0.4) is 0 Å². The zero-order valence-electron chi connectivity index (χ0n) is 13.4. The van der Waals surface area contributed by atoms with E-state index < -0.39 is 5.41 Å². The van der Waals surface area contributed by atoms with Gasteiger partial charge in [0.15, 0.2) is 0 Å². The Hall–Kier alpha value is -0.890. The molecule has 1 aliphatic rings. The van der Waals surface area contributed by atoms with Crippen molar-refractivity contribution in [2.45, 2.75) is 58.8 Å². The van der Waals surface area contributed by atoms with Gasteiger partial charge < -0.3 is 4.74 Å². The second kappa shape index (κ2) is 9.12. The van der Waals surface area contributed by atoms with Gasteiger partial charge >= 0.3 is 0 Å². The van der Waals surface area contributed by atoms with Gasteiger partial charge in [0, 0.05) is 13.5 Å². The van der Waals surface area contributed by atoms with Crippen LogP contribution in [0.4, 0.5) is 0 Å². The van der Waals surface area contributed by atoms with Crippen molar-refractivity contribution in [1.82, 2.24) is 0 Å². The van der Waals surface area contributed by atoms with Crippen LogP contribution in [0.5, 0.6) is 0 Å². The number of Topliss-reactive ketones (excluding diaryl/α,β-unsaturated/α-hetero) is 1.